The van der Waals surface area contributed by atoms with Crippen LogP contribution in [0.5, 0.6) is 0 Å². The van der Waals surface area contributed by atoms with E-state index in [1.807, 2.05) is 6.92 Å². The molecule has 0 aromatic heterocycles. The molecule has 1 aliphatic rings. The van der Waals surface area contributed by atoms with Crippen LogP contribution in [0.3, 0.4) is 0 Å². The minimum atomic E-state index is -0.182. The molecule has 0 aliphatic heterocycles. The van der Waals surface area contributed by atoms with E-state index in [1.54, 1.807) is 0 Å². The number of esters is 1. The van der Waals surface area contributed by atoms with Gasteiger partial charge in [-0.3, -0.25) is 4.79 Å². The van der Waals surface area contributed by atoms with Gasteiger partial charge in [-0.2, -0.15) is 0 Å². The summed E-state index contributed by atoms with van der Waals surface area (Å²) in [6.07, 6.45) is 2.60. The molecule has 1 unspecified atom stereocenters. The van der Waals surface area contributed by atoms with Gasteiger partial charge in [0.05, 0.1) is 6.61 Å². The van der Waals surface area contributed by atoms with Crippen LogP contribution in [0.2, 0.25) is 0 Å². The molecule has 0 radical (unpaired) electrons. The summed E-state index contributed by atoms with van der Waals surface area (Å²) in [4.78, 5) is 11.7. The zero-order valence-corrected chi connectivity index (χ0v) is 10.3. The topological polar surface area (TPSA) is 38.3 Å². The second-order valence-electron chi connectivity index (χ2n) is 5.40. The van der Waals surface area contributed by atoms with Crippen molar-refractivity contribution < 1.29 is 9.53 Å². The Labute approximate surface area is 92.6 Å². The van der Waals surface area contributed by atoms with Gasteiger partial charge in [0.15, 0.2) is 0 Å². The SMILES string of the molecule is CCOC(=O)C(NCC1CC1)C(C)(C)C. The molecule has 1 rings (SSSR count). The van der Waals surface area contributed by atoms with Gasteiger partial charge < -0.3 is 10.1 Å². The van der Waals surface area contributed by atoms with Crippen LogP contribution in [-0.2, 0) is 9.53 Å². The Hall–Kier alpha value is -0.570. The maximum Gasteiger partial charge on any atom is 0.323 e. The molecule has 0 aromatic carbocycles. The summed E-state index contributed by atoms with van der Waals surface area (Å²) >= 11 is 0. The highest BCUT2D eigenvalue weighted by atomic mass is 16.5. The Balaban J connectivity index is 2.47. The molecule has 0 spiro atoms. The Bertz CT molecular complexity index is 216. The summed E-state index contributed by atoms with van der Waals surface area (Å²) in [5.41, 5.74) is -0.0822. The molecule has 1 N–H and O–H groups in total. The van der Waals surface area contributed by atoms with Gasteiger partial charge in [0.2, 0.25) is 0 Å². The molecule has 1 atom stereocenters. The molecular weight excluding hydrogens is 190 g/mol. The maximum atomic E-state index is 11.7. The van der Waals surface area contributed by atoms with Crippen LogP contribution >= 0.6 is 0 Å². The van der Waals surface area contributed by atoms with E-state index in [1.165, 1.54) is 12.8 Å². The lowest BCUT2D eigenvalue weighted by atomic mass is 9.86. The van der Waals surface area contributed by atoms with Gasteiger partial charge >= 0.3 is 5.97 Å². The maximum absolute atomic E-state index is 11.7. The normalized spacial score (nSPS) is 18.7. The number of nitrogens with one attached hydrogen (secondary N) is 1. The zero-order chi connectivity index (χ0) is 11.5. The van der Waals surface area contributed by atoms with Crippen molar-refractivity contribution in [2.75, 3.05) is 13.2 Å². The molecule has 1 aliphatic carbocycles. The molecule has 0 aromatic rings. The molecular formula is C12H23NO2. The third kappa shape index (κ3) is 4.20. The number of ether oxygens (including phenoxy) is 1. The van der Waals surface area contributed by atoms with Crippen molar-refractivity contribution in [3.63, 3.8) is 0 Å². The van der Waals surface area contributed by atoms with E-state index < -0.39 is 0 Å². The second-order valence-corrected chi connectivity index (χ2v) is 5.40. The first-order valence-corrected chi connectivity index (χ1v) is 5.85. The minimum Gasteiger partial charge on any atom is -0.465 e. The Morgan fingerprint density at radius 2 is 2.07 bits per heavy atom. The molecule has 1 fully saturated rings. The fraction of sp³-hybridized carbons (Fsp3) is 0.917. The van der Waals surface area contributed by atoms with Crippen molar-refractivity contribution in [1.29, 1.82) is 0 Å². The first-order chi connectivity index (χ1) is 6.95. The lowest BCUT2D eigenvalue weighted by Gasteiger charge is -2.29. The first-order valence-electron chi connectivity index (χ1n) is 5.85. The van der Waals surface area contributed by atoms with Crippen molar-refractivity contribution in [3.05, 3.63) is 0 Å². The van der Waals surface area contributed by atoms with Gasteiger partial charge in [0.25, 0.3) is 0 Å². The van der Waals surface area contributed by atoms with Gasteiger partial charge in [-0.1, -0.05) is 20.8 Å². The molecule has 88 valence electrons. The summed E-state index contributed by atoms with van der Waals surface area (Å²) in [5.74, 6) is 0.662. The van der Waals surface area contributed by atoms with Crippen molar-refractivity contribution in [3.8, 4) is 0 Å². The van der Waals surface area contributed by atoms with Crippen LogP contribution in [0.1, 0.15) is 40.5 Å². The lowest BCUT2D eigenvalue weighted by molar-refractivity contribution is -0.148. The quantitative estimate of drug-likeness (QED) is 0.709. The highest BCUT2D eigenvalue weighted by Crippen LogP contribution is 2.29. The molecule has 0 heterocycles. The largest absolute Gasteiger partial charge is 0.465 e. The number of carbonyl (C=O) groups excluding carboxylic acids is 1. The zero-order valence-electron chi connectivity index (χ0n) is 10.3. The number of carbonyl (C=O) groups is 1. The number of rotatable bonds is 5. The third-order valence-corrected chi connectivity index (χ3v) is 2.70. The summed E-state index contributed by atoms with van der Waals surface area (Å²) in [7, 11) is 0. The first kappa shape index (κ1) is 12.5. The fourth-order valence-electron chi connectivity index (χ4n) is 1.58. The van der Waals surface area contributed by atoms with E-state index in [-0.39, 0.29) is 17.4 Å². The number of hydrogen-bond donors (Lipinski definition) is 1. The smallest absolute Gasteiger partial charge is 0.323 e. The van der Waals surface area contributed by atoms with E-state index in [0.717, 1.165) is 12.5 Å². The summed E-state index contributed by atoms with van der Waals surface area (Å²) < 4.78 is 5.08. The van der Waals surface area contributed by atoms with Crippen LogP contribution in [0.25, 0.3) is 0 Å². The summed E-state index contributed by atoms with van der Waals surface area (Å²) in [5, 5.41) is 3.33. The number of hydrogen-bond acceptors (Lipinski definition) is 3. The van der Waals surface area contributed by atoms with E-state index in [2.05, 4.69) is 26.1 Å². The van der Waals surface area contributed by atoms with Crippen molar-refractivity contribution in [1.82, 2.24) is 5.32 Å². The van der Waals surface area contributed by atoms with E-state index in [9.17, 15) is 4.79 Å². The molecule has 1 saturated carbocycles. The highest BCUT2D eigenvalue weighted by Gasteiger charge is 2.33. The Kier molecular flexibility index (Phi) is 4.14. The predicted octanol–water partition coefficient (Wildman–Crippen LogP) is 1.96. The van der Waals surface area contributed by atoms with E-state index in [0.29, 0.717) is 6.61 Å². The van der Waals surface area contributed by atoms with Crippen molar-refractivity contribution in [2.45, 2.75) is 46.6 Å². The van der Waals surface area contributed by atoms with E-state index in [4.69, 9.17) is 4.74 Å². The van der Waals surface area contributed by atoms with Crippen LogP contribution in [0, 0.1) is 11.3 Å². The van der Waals surface area contributed by atoms with Crippen LogP contribution in [0.4, 0.5) is 0 Å². The van der Waals surface area contributed by atoms with Gasteiger partial charge in [-0.25, -0.2) is 0 Å². The third-order valence-electron chi connectivity index (χ3n) is 2.70. The Morgan fingerprint density at radius 3 is 2.47 bits per heavy atom. The van der Waals surface area contributed by atoms with Gasteiger partial charge in [-0.15, -0.1) is 0 Å². The molecule has 0 saturated heterocycles. The highest BCUT2D eigenvalue weighted by molar-refractivity contribution is 5.76. The fourth-order valence-corrected chi connectivity index (χ4v) is 1.58. The van der Waals surface area contributed by atoms with Gasteiger partial charge in [0.1, 0.15) is 6.04 Å². The Morgan fingerprint density at radius 1 is 1.47 bits per heavy atom. The van der Waals surface area contributed by atoms with Crippen molar-refractivity contribution in [2.24, 2.45) is 11.3 Å². The second kappa shape index (κ2) is 4.97. The van der Waals surface area contributed by atoms with E-state index >= 15 is 0 Å². The molecule has 0 bridgehead atoms. The molecule has 3 heteroatoms. The molecule has 0 amide bonds. The van der Waals surface area contributed by atoms with Gasteiger partial charge in [-0.05, 0) is 37.6 Å². The summed E-state index contributed by atoms with van der Waals surface area (Å²) in [6, 6.07) is -0.182. The predicted molar refractivity (Wildman–Crippen MR) is 60.6 cm³/mol. The standard InChI is InChI=1S/C12H23NO2/c1-5-15-11(14)10(12(2,3)4)13-8-9-6-7-9/h9-10,13H,5-8H2,1-4H3. The van der Waals surface area contributed by atoms with Crippen molar-refractivity contribution >= 4 is 5.97 Å². The van der Waals surface area contributed by atoms with Gasteiger partial charge in [0, 0.05) is 0 Å². The van der Waals surface area contributed by atoms with Crippen LogP contribution in [-0.4, -0.2) is 25.2 Å². The minimum absolute atomic E-state index is 0.0822. The molecule has 3 nitrogen and oxygen atoms in total. The van der Waals surface area contributed by atoms with Crippen LogP contribution < -0.4 is 5.32 Å². The average molecular weight is 213 g/mol. The monoisotopic (exact) mass is 213 g/mol. The molecule has 15 heavy (non-hydrogen) atoms. The summed E-state index contributed by atoms with van der Waals surface area (Å²) in [6.45, 7) is 9.44. The average Bonchev–Trinajstić information content (AvgIpc) is 2.86. The van der Waals surface area contributed by atoms with Crippen LogP contribution in [0.15, 0.2) is 0 Å². The lowest BCUT2D eigenvalue weighted by Crippen LogP contribution is -2.48.